The number of nitrogens with one attached hydrogen (secondary N) is 1. The van der Waals surface area contributed by atoms with Gasteiger partial charge in [0.15, 0.2) is 5.58 Å². The Morgan fingerprint density at radius 1 is 1.38 bits per heavy atom. The summed E-state index contributed by atoms with van der Waals surface area (Å²) in [6, 6.07) is 4.85. The van der Waals surface area contributed by atoms with Gasteiger partial charge in [-0.2, -0.15) is 4.98 Å². The largest absolute Gasteiger partial charge is 0.422 e. The number of pyridine rings is 1. The third-order valence-electron chi connectivity index (χ3n) is 4.38. The van der Waals surface area contributed by atoms with E-state index in [1.165, 1.54) is 0 Å². The van der Waals surface area contributed by atoms with E-state index in [2.05, 4.69) is 36.1 Å². The third-order valence-corrected chi connectivity index (χ3v) is 4.82. The van der Waals surface area contributed by atoms with E-state index in [0.717, 1.165) is 37.0 Å². The van der Waals surface area contributed by atoms with Gasteiger partial charge < -0.3 is 14.8 Å². The molecule has 2 saturated heterocycles. The number of aromatic nitrogens is 2. The Morgan fingerprint density at radius 3 is 3.19 bits per heavy atom. The van der Waals surface area contributed by atoms with Gasteiger partial charge in [-0.1, -0.05) is 0 Å². The summed E-state index contributed by atoms with van der Waals surface area (Å²) in [6.07, 6.45) is 2.81. The van der Waals surface area contributed by atoms with Crippen LogP contribution in [0.15, 0.2) is 21.2 Å². The van der Waals surface area contributed by atoms with Crippen LogP contribution in [0.2, 0.25) is 0 Å². The minimum atomic E-state index is -0.210. The van der Waals surface area contributed by atoms with Crippen molar-refractivity contribution in [3.8, 4) is 0 Å². The quantitative estimate of drug-likeness (QED) is 0.805. The van der Waals surface area contributed by atoms with Crippen molar-refractivity contribution in [1.82, 2.24) is 14.9 Å². The van der Waals surface area contributed by atoms with Crippen molar-refractivity contribution in [2.75, 3.05) is 18.4 Å². The highest BCUT2D eigenvalue weighted by molar-refractivity contribution is 9.10. The molecule has 0 spiro atoms. The van der Waals surface area contributed by atoms with Crippen LogP contribution in [0.5, 0.6) is 0 Å². The second kappa shape index (κ2) is 5.23. The van der Waals surface area contributed by atoms with E-state index in [9.17, 15) is 5.11 Å². The van der Waals surface area contributed by atoms with E-state index >= 15 is 0 Å². The number of halogens is 1. The molecule has 0 amide bonds. The third kappa shape index (κ3) is 2.54. The molecule has 4 heterocycles. The molecule has 3 atom stereocenters. The maximum Gasteiger partial charge on any atom is 0.297 e. The molecule has 2 aromatic rings. The number of hydrogen-bond acceptors (Lipinski definition) is 6. The van der Waals surface area contributed by atoms with E-state index in [-0.39, 0.29) is 12.1 Å². The second-order valence-electron chi connectivity index (χ2n) is 5.82. The molecule has 7 heteroatoms. The first kappa shape index (κ1) is 13.5. The molecule has 112 valence electrons. The molecule has 4 rings (SSSR count). The minimum Gasteiger partial charge on any atom is -0.422 e. The van der Waals surface area contributed by atoms with Crippen LogP contribution < -0.4 is 5.32 Å². The molecule has 2 N–H and O–H groups in total. The van der Waals surface area contributed by atoms with Crippen LogP contribution in [0.1, 0.15) is 19.3 Å². The predicted molar refractivity (Wildman–Crippen MR) is 82.1 cm³/mol. The molecular weight excluding hydrogens is 336 g/mol. The van der Waals surface area contributed by atoms with Crippen LogP contribution in [-0.2, 0) is 0 Å². The summed E-state index contributed by atoms with van der Waals surface area (Å²) < 4.78 is 6.46. The zero-order valence-corrected chi connectivity index (χ0v) is 13.1. The number of aliphatic hydroxyl groups is 1. The van der Waals surface area contributed by atoms with E-state index in [0.29, 0.717) is 23.3 Å². The number of fused-ring (bicyclic) bond motifs is 2. The van der Waals surface area contributed by atoms with Crippen LogP contribution in [0.4, 0.5) is 6.01 Å². The maximum atomic E-state index is 9.87. The van der Waals surface area contributed by atoms with E-state index in [1.54, 1.807) is 0 Å². The zero-order chi connectivity index (χ0) is 14.4. The zero-order valence-electron chi connectivity index (χ0n) is 11.5. The average Bonchev–Trinajstić information content (AvgIpc) is 3.01. The van der Waals surface area contributed by atoms with Crippen molar-refractivity contribution < 1.29 is 9.52 Å². The minimum absolute atomic E-state index is 0.210. The molecule has 21 heavy (non-hydrogen) atoms. The SMILES string of the molecule is O[C@H]1CC2C(Nc3nc4nc(Br)ccc4o3)CCCN2C1. The monoisotopic (exact) mass is 352 g/mol. The topological polar surface area (TPSA) is 74.4 Å². The molecule has 0 aromatic carbocycles. The summed E-state index contributed by atoms with van der Waals surface area (Å²) in [7, 11) is 0. The summed E-state index contributed by atoms with van der Waals surface area (Å²) in [5.74, 6) is 0. The summed E-state index contributed by atoms with van der Waals surface area (Å²) >= 11 is 3.34. The Kier molecular flexibility index (Phi) is 3.35. The molecule has 2 aliphatic rings. The number of oxazole rings is 1. The fourth-order valence-electron chi connectivity index (χ4n) is 3.48. The molecular formula is C14H17BrN4O2. The molecule has 2 unspecified atom stereocenters. The average molecular weight is 353 g/mol. The molecule has 2 aliphatic heterocycles. The van der Waals surface area contributed by atoms with Crippen molar-refractivity contribution in [2.45, 2.75) is 37.5 Å². The van der Waals surface area contributed by atoms with Gasteiger partial charge in [-0.25, -0.2) is 4.98 Å². The highest BCUT2D eigenvalue weighted by Gasteiger charge is 2.39. The normalized spacial score (nSPS) is 29.7. The first-order valence-corrected chi connectivity index (χ1v) is 8.10. The second-order valence-corrected chi connectivity index (χ2v) is 6.63. The number of anilines is 1. The first-order chi connectivity index (χ1) is 10.2. The lowest BCUT2D eigenvalue weighted by molar-refractivity contribution is 0.161. The standard InChI is InChI=1S/C14H17BrN4O2/c15-12-4-3-11-13(17-12)18-14(21-11)16-9-2-1-5-19-7-8(20)6-10(9)19/h3-4,8-10,20H,1-2,5-7H2,(H,16,17,18)/t8-,9?,10?/m0/s1. The molecule has 0 bridgehead atoms. The molecule has 6 nitrogen and oxygen atoms in total. The Bertz CT molecular complexity index is 661. The molecule has 2 aromatic heterocycles. The van der Waals surface area contributed by atoms with Crippen LogP contribution >= 0.6 is 15.9 Å². The maximum absolute atomic E-state index is 9.87. The summed E-state index contributed by atoms with van der Waals surface area (Å²) in [6.45, 7) is 1.85. The van der Waals surface area contributed by atoms with E-state index in [1.807, 2.05) is 12.1 Å². The van der Waals surface area contributed by atoms with Crippen molar-refractivity contribution in [3.05, 3.63) is 16.7 Å². The molecule has 0 aliphatic carbocycles. The number of hydrogen-bond donors (Lipinski definition) is 2. The van der Waals surface area contributed by atoms with Gasteiger partial charge in [0, 0.05) is 18.6 Å². The molecule has 0 radical (unpaired) electrons. The van der Waals surface area contributed by atoms with Crippen molar-refractivity contribution in [2.24, 2.45) is 0 Å². The summed E-state index contributed by atoms with van der Waals surface area (Å²) in [5.41, 5.74) is 1.28. The van der Waals surface area contributed by atoms with Gasteiger partial charge in [-0.05, 0) is 53.9 Å². The number of rotatable bonds is 2. The van der Waals surface area contributed by atoms with Gasteiger partial charge in [-0.3, -0.25) is 4.90 Å². The highest BCUT2D eigenvalue weighted by Crippen LogP contribution is 2.30. The number of nitrogens with zero attached hydrogens (tertiary/aromatic N) is 3. The predicted octanol–water partition coefficient (Wildman–Crippen LogP) is 1.99. The van der Waals surface area contributed by atoms with Gasteiger partial charge in [0.05, 0.1) is 6.10 Å². The van der Waals surface area contributed by atoms with Crippen molar-refractivity contribution >= 4 is 33.2 Å². The lowest BCUT2D eigenvalue weighted by atomic mass is 9.96. The van der Waals surface area contributed by atoms with Gasteiger partial charge in [0.25, 0.3) is 6.01 Å². The van der Waals surface area contributed by atoms with Gasteiger partial charge in [-0.15, -0.1) is 0 Å². The highest BCUT2D eigenvalue weighted by atomic mass is 79.9. The molecule has 0 saturated carbocycles. The smallest absolute Gasteiger partial charge is 0.297 e. The Labute approximate surface area is 130 Å². The Balaban J connectivity index is 1.56. The summed E-state index contributed by atoms with van der Waals surface area (Å²) in [4.78, 5) is 11.1. The van der Waals surface area contributed by atoms with Crippen LogP contribution in [-0.4, -0.2) is 51.3 Å². The molecule has 2 fully saturated rings. The summed E-state index contributed by atoms with van der Waals surface area (Å²) in [5, 5.41) is 13.3. The van der Waals surface area contributed by atoms with E-state index < -0.39 is 0 Å². The van der Waals surface area contributed by atoms with Crippen LogP contribution in [0.25, 0.3) is 11.2 Å². The Morgan fingerprint density at radius 2 is 2.29 bits per heavy atom. The van der Waals surface area contributed by atoms with Gasteiger partial charge in [0.2, 0.25) is 5.65 Å². The lowest BCUT2D eigenvalue weighted by Crippen LogP contribution is -2.47. The number of piperidine rings is 1. The van der Waals surface area contributed by atoms with E-state index in [4.69, 9.17) is 4.42 Å². The van der Waals surface area contributed by atoms with Gasteiger partial charge >= 0.3 is 0 Å². The van der Waals surface area contributed by atoms with Gasteiger partial charge in [0.1, 0.15) is 4.60 Å². The van der Waals surface area contributed by atoms with Crippen molar-refractivity contribution in [1.29, 1.82) is 0 Å². The number of aliphatic hydroxyl groups excluding tert-OH is 1. The fourth-order valence-corrected chi connectivity index (χ4v) is 3.78. The van der Waals surface area contributed by atoms with Crippen LogP contribution in [0, 0.1) is 0 Å². The lowest BCUT2D eigenvalue weighted by Gasteiger charge is -2.36. The van der Waals surface area contributed by atoms with Crippen LogP contribution in [0.3, 0.4) is 0 Å². The first-order valence-electron chi connectivity index (χ1n) is 7.31. The van der Waals surface area contributed by atoms with Crippen molar-refractivity contribution in [3.63, 3.8) is 0 Å². The Hall–Kier alpha value is -1.18. The fraction of sp³-hybridized carbons (Fsp3) is 0.571.